The minimum absolute atomic E-state index is 0.0245. The van der Waals surface area contributed by atoms with Crippen LogP contribution in [0.25, 0.3) is 11.5 Å². The molecule has 0 spiro atoms. The smallest absolute Gasteiger partial charge is 0.227 e. The number of carbonyl (C=O) groups excluding carboxylic acids is 2. The Morgan fingerprint density at radius 3 is 2.79 bits per heavy atom. The molecule has 2 aliphatic rings. The molecule has 2 aromatic heterocycles. The Hall–Kier alpha value is -3.03. The van der Waals surface area contributed by atoms with Gasteiger partial charge in [-0.15, -0.1) is 0 Å². The summed E-state index contributed by atoms with van der Waals surface area (Å²) in [5, 5.41) is 2.80. The lowest BCUT2D eigenvalue weighted by atomic mass is 9.96. The van der Waals surface area contributed by atoms with Crippen molar-refractivity contribution >= 4 is 17.6 Å². The number of pyridine rings is 1. The maximum absolute atomic E-state index is 13.0. The summed E-state index contributed by atoms with van der Waals surface area (Å²) in [5.41, 5.74) is 2.68. The second kappa shape index (κ2) is 7.53. The Bertz CT molecular complexity index is 889. The highest BCUT2D eigenvalue weighted by atomic mass is 16.2. The fourth-order valence-corrected chi connectivity index (χ4v) is 3.78. The summed E-state index contributed by atoms with van der Waals surface area (Å²) < 4.78 is 0. The molecule has 1 saturated heterocycles. The fourth-order valence-electron chi connectivity index (χ4n) is 3.78. The number of aromatic nitrogens is 3. The third-order valence-corrected chi connectivity index (χ3v) is 5.29. The molecule has 0 aromatic carbocycles. The molecule has 1 N–H and O–H groups in total. The normalized spacial score (nSPS) is 19.0. The molecule has 0 unspecified atom stereocenters. The van der Waals surface area contributed by atoms with E-state index >= 15 is 0 Å². The molecule has 0 bridgehead atoms. The number of nitrogens with one attached hydrogen (secondary N) is 1. The first-order chi connectivity index (χ1) is 13.5. The molecule has 0 aliphatic carbocycles. The zero-order valence-corrected chi connectivity index (χ0v) is 16.2. The van der Waals surface area contributed by atoms with Gasteiger partial charge in [-0.1, -0.05) is 6.07 Å². The van der Waals surface area contributed by atoms with Crippen molar-refractivity contribution in [1.29, 1.82) is 0 Å². The van der Waals surface area contributed by atoms with Gasteiger partial charge in [0, 0.05) is 45.4 Å². The number of hydrogen-bond donors (Lipinski definition) is 1. The number of hydrogen-bond acceptors (Lipinski definition) is 6. The van der Waals surface area contributed by atoms with Gasteiger partial charge in [0.25, 0.3) is 0 Å². The molecule has 8 nitrogen and oxygen atoms in total. The van der Waals surface area contributed by atoms with Crippen LogP contribution < -0.4 is 10.2 Å². The van der Waals surface area contributed by atoms with E-state index in [1.54, 1.807) is 6.20 Å². The number of amides is 2. The number of fused-ring (bicyclic) bond motifs is 1. The Labute approximate surface area is 164 Å². The van der Waals surface area contributed by atoms with Crippen LogP contribution in [-0.4, -0.2) is 58.9 Å². The number of nitrogens with zero attached hydrogens (tertiary/aromatic N) is 5. The minimum atomic E-state index is -0.148. The number of anilines is 1. The molecule has 4 rings (SSSR count). The maximum Gasteiger partial charge on any atom is 0.227 e. The van der Waals surface area contributed by atoms with Crippen LogP contribution in [0, 0.1) is 5.92 Å². The van der Waals surface area contributed by atoms with E-state index in [1.165, 1.54) is 0 Å². The van der Waals surface area contributed by atoms with Gasteiger partial charge in [-0.2, -0.15) is 0 Å². The van der Waals surface area contributed by atoms with Gasteiger partial charge in [0.1, 0.15) is 11.5 Å². The SMILES string of the molecule is CN(C)c1nc(-c2ccccn2)nc2c1CCN(C(=O)[C@H]1CCC(=O)NC1)C2. The van der Waals surface area contributed by atoms with Crippen molar-refractivity contribution in [3.63, 3.8) is 0 Å². The van der Waals surface area contributed by atoms with Gasteiger partial charge in [-0.3, -0.25) is 14.6 Å². The molecule has 0 radical (unpaired) electrons. The van der Waals surface area contributed by atoms with Crippen LogP contribution in [0.3, 0.4) is 0 Å². The van der Waals surface area contributed by atoms with Gasteiger partial charge in [-0.25, -0.2) is 9.97 Å². The minimum Gasteiger partial charge on any atom is -0.362 e. The average molecular weight is 380 g/mol. The lowest BCUT2D eigenvalue weighted by Gasteiger charge is -2.34. The van der Waals surface area contributed by atoms with Crippen LogP contribution in [0.5, 0.6) is 0 Å². The van der Waals surface area contributed by atoms with E-state index in [2.05, 4.69) is 10.3 Å². The number of carbonyl (C=O) groups is 2. The predicted octanol–water partition coefficient (Wildman–Crippen LogP) is 1.02. The lowest BCUT2D eigenvalue weighted by Crippen LogP contribution is -2.46. The zero-order chi connectivity index (χ0) is 19.7. The Morgan fingerprint density at radius 2 is 2.11 bits per heavy atom. The molecular formula is C20H24N6O2. The average Bonchev–Trinajstić information content (AvgIpc) is 2.73. The zero-order valence-electron chi connectivity index (χ0n) is 16.2. The topological polar surface area (TPSA) is 91.3 Å². The van der Waals surface area contributed by atoms with E-state index in [-0.39, 0.29) is 17.7 Å². The summed E-state index contributed by atoms with van der Waals surface area (Å²) in [4.78, 5) is 42.0. The maximum atomic E-state index is 13.0. The molecule has 8 heteroatoms. The first-order valence-corrected chi connectivity index (χ1v) is 9.57. The van der Waals surface area contributed by atoms with E-state index in [0.717, 1.165) is 23.5 Å². The van der Waals surface area contributed by atoms with Crippen molar-refractivity contribution < 1.29 is 9.59 Å². The van der Waals surface area contributed by atoms with Gasteiger partial charge in [-0.05, 0) is 25.0 Å². The summed E-state index contributed by atoms with van der Waals surface area (Å²) in [6, 6.07) is 5.66. The molecule has 1 atom stereocenters. The Kier molecular flexibility index (Phi) is 4.93. The standard InChI is InChI=1S/C20H24N6O2/c1-25(2)19-14-8-10-26(20(28)13-6-7-17(27)22-11-13)12-16(14)23-18(24-19)15-5-3-4-9-21-15/h3-5,9,13H,6-8,10-12H2,1-2H3,(H,22,27)/t13-/m0/s1. The van der Waals surface area contributed by atoms with E-state index < -0.39 is 0 Å². The van der Waals surface area contributed by atoms with Crippen molar-refractivity contribution in [3.8, 4) is 11.5 Å². The summed E-state index contributed by atoms with van der Waals surface area (Å²) >= 11 is 0. The molecule has 2 aromatic rings. The van der Waals surface area contributed by atoms with E-state index in [9.17, 15) is 9.59 Å². The molecule has 0 saturated carbocycles. The van der Waals surface area contributed by atoms with Gasteiger partial charge in [0.15, 0.2) is 5.82 Å². The van der Waals surface area contributed by atoms with Crippen molar-refractivity contribution in [2.45, 2.75) is 25.8 Å². The van der Waals surface area contributed by atoms with Crippen molar-refractivity contribution in [2.24, 2.45) is 5.92 Å². The second-order valence-electron chi connectivity index (χ2n) is 7.45. The quantitative estimate of drug-likeness (QED) is 0.855. The van der Waals surface area contributed by atoms with E-state index in [0.29, 0.717) is 44.0 Å². The van der Waals surface area contributed by atoms with Crippen LogP contribution in [-0.2, 0) is 22.6 Å². The third-order valence-electron chi connectivity index (χ3n) is 5.29. The molecule has 1 fully saturated rings. The third kappa shape index (κ3) is 3.54. The molecule has 28 heavy (non-hydrogen) atoms. The molecular weight excluding hydrogens is 356 g/mol. The molecule has 2 amide bonds. The Morgan fingerprint density at radius 1 is 1.25 bits per heavy atom. The first-order valence-electron chi connectivity index (χ1n) is 9.57. The summed E-state index contributed by atoms with van der Waals surface area (Å²) in [6.45, 7) is 1.53. The van der Waals surface area contributed by atoms with Crippen molar-refractivity contribution in [2.75, 3.05) is 32.1 Å². The van der Waals surface area contributed by atoms with Crippen LogP contribution in [0.1, 0.15) is 24.1 Å². The van der Waals surface area contributed by atoms with E-state index in [1.807, 2.05) is 42.1 Å². The van der Waals surface area contributed by atoms with Crippen LogP contribution >= 0.6 is 0 Å². The fraction of sp³-hybridized carbons (Fsp3) is 0.450. The summed E-state index contributed by atoms with van der Waals surface area (Å²) in [5.74, 6) is 1.42. The highest BCUT2D eigenvalue weighted by Gasteiger charge is 2.32. The van der Waals surface area contributed by atoms with E-state index in [4.69, 9.17) is 9.97 Å². The number of piperidine rings is 1. The predicted molar refractivity (Wildman–Crippen MR) is 104 cm³/mol. The molecule has 146 valence electrons. The van der Waals surface area contributed by atoms with Crippen molar-refractivity contribution in [1.82, 2.24) is 25.2 Å². The first kappa shape index (κ1) is 18.3. The highest BCUT2D eigenvalue weighted by Crippen LogP contribution is 2.29. The highest BCUT2D eigenvalue weighted by molar-refractivity contribution is 5.84. The molecule has 4 heterocycles. The van der Waals surface area contributed by atoms with Crippen LogP contribution in [0.15, 0.2) is 24.4 Å². The monoisotopic (exact) mass is 380 g/mol. The van der Waals surface area contributed by atoms with Crippen LogP contribution in [0.2, 0.25) is 0 Å². The van der Waals surface area contributed by atoms with Gasteiger partial charge >= 0.3 is 0 Å². The van der Waals surface area contributed by atoms with Gasteiger partial charge < -0.3 is 15.1 Å². The summed E-state index contributed by atoms with van der Waals surface area (Å²) in [7, 11) is 3.93. The number of rotatable bonds is 3. The summed E-state index contributed by atoms with van der Waals surface area (Å²) in [6.07, 6.45) is 3.47. The largest absolute Gasteiger partial charge is 0.362 e. The van der Waals surface area contributed by atoms with Crippen molar-refractivity contribution in [3.05, 3.63) is 35.7 Å². The second-order valence-corrected chi connectivity index (χ2v) is 7.45. The van der Waals surface area contributed by atoms with Gasteiger partial charge in [0.2, 0.25) is 11.8 Å². The Balaban J connectivity index is 1.62. The lowest BCUT2D eigenvalue weighted by molar-refractivity contribution is -0.138. The molecule has 2 aliphatic heterocycles. The van der Waals surface area contributed by atoms with Gasteiger partial charge in [0.05, 0.1) is 18.2 Å². The van der Waals surface area contributed by atoms with Crippen LogP contribution in [0.4, 0.5) is 5.82 Å².